The van der Waals surface area contributed by atoms with Gasteiger partial charge in [0.25, 0.3) is 11.8 Å². The Morgan fingerprint density at radius 2 is 1.34 bits per heavy atom. The van der Waals surface area contributed by atoms with Gasteiger partial charge in [-0.3, -0.25) is 29.4 Å². The highest BCUT2D eigenvalue weighted by atomic mass is 16.6. The third-order valence-corrected chi connectivity index (χ3v) is 5.85. The maximum absolute atomic E-state index is 12.9. The number of imide groups is 2. The number of rotatable bonds is 19. The van der Waals surface area contributed by atoms with Crippen LogP contribution in [0.25, 0.3) is 0 Å². The van der Waals surface area contributed by atoms with Crippen LogP contribution >= 0.6 is 0 Å². The highest BCUT2D eigenvalue weighted by Crippen LogP contribution is 2.29. The van der Waals surface area contributed by atoms with Crippen LogP contribution in [0.3, 0.4) is 0 Å². The van der Waals surface area contributed by atoms with Crippen LogP contribution in [-0.4, -0.2) is 107 Å². The number of hydrogen-bond donors (Lipinski definition) is 2. The first-order valence-electron chi connectivity index (χ1n) is 13.0. The number of ether oxygens (including phenoxy) is 5. The average molecular weight is 536 g/mol. The number of fused-ring (bicyclic) bond motifs is 1. The van der Waals surface area contributed by atoms with E-state index in [-0.39, 0.29) is 24.0 Å². The Morgan fingerprint density at radius 1 is 0.789 bits per heavy atom. The van der Waals surface area contributed by atoms with Crippen LogP contribution in [0.5, 0.6) is 0 Å². The van der Waals surface area contributed by atoms with Crippen molar-refractivity contribution < 1.29 is 42.9 Å². The van der Waals surface area contributed by atoms with Gasteiger partial charge in [0.2, 0.25) is 11.8 Å². The molecule has 0 aromatic heterocycles. The number of piperidine rings is 1. The fraction of sp³-hybridized carbons (Fsp3) is 0.615. The van der Waals surface area contributed by atoms with E-state index in [0.29, 0.717) is 71.7 Å². The summed E-state index contributed by atoms with van der Waals surface area (Å²) in [6.07, 6.45) is 1.21. The first-order chi connectivity index (χ1) is 18.5. The summed E-state index contributed by atoms with van der Waals surface area (Å²) in [5, 5.41) is 5.34. The summed E-state index contributed by atoms with van der Waals surface area (Å²) in [6, 6.07) is 3.88. The lowest BCUT2D eigenvalue weighted by Gasteiger charge is -2.27. The summed E-state index contributed by atoms with van der Waals surface area (Å²) in [4.78, 5) is 50.1. The zero-order valence-electron chi connectivity index (χ0n) is 21.8. The molecule has 2 aliphatic rings. The van der Waals surface area contributed by atoms with Crippen LogP contribution in [0.2, 0.25) is 0 Å². The monoisotopic (exact) mass is 535 g/mol. The van der Waals surface area contributed by atoms with Crippen molar-refractivity contribution in [3.8, 4) is 0 Å². The smallest absolute Gasteiger partial charge is 0.262 e. The number of carbonyl (C=O) groups is 4. The summed E-state index contributed by atoms with van der Waals surface area (Å²) in [6.45, 7) is 7.77. The number of nitrogens with zero attached hydrogens (tertiary/aromatic N) is 1. The summed E-state index contributed by atoms with van der Waals surface area (Å²) in [5.74, 6) is -2.10. The average Bonchev–Trinajstić information content (AvgIpc) is 3.15. The van der Waals surface area contributed by atoms with E-state index in [1.54, 1.807) is 18.2 Å². The number of nitrogens with one attached hydrogen (secondary N) is 2. The molecule has 1 atom stereocenters. The Labute approximate surface area is 222 Å². The number of carbonyl (C=O) groups excluding carboxylic acids is 4. The van der Waals surface area contributed by atoms with Gasteiger partial charge in [-0.1, -0.05) is 6.92 Å². The van der Waals surface area contributed by atoms with E-state index >= 15 is 0 Å². The first-order valence-corrected chi connectivity index (χ1v) is 13.0. The third kappa shape index (κ3) is 8.84. The zero-order valence-corrected chi connectivity index (χ0v) is 21.8. The fourth-order valence-electron chi connectivity index (χ4n) is 3.97. The van der Waals surface area contributed by atoms with Crippen LogP contribution in [0.15, 0.2) is 18.2 Å². The minimum Gasteiger partial charge on any atom is -0.383 e. The molecule has 2 heterocycles. The predicted molar refractivity (Wildman–Crippen MR) is 136 cm³/mol. The van der Waals surface area contributed by atoms with E-state index < -0.39 is 29.7 Å². The van der Waals surface area contributed by atoms with Crippen molar-refractivity contribution in [1.82, 2.24) is 10.2 Å². The van der Waals surface area contributed by atoms with Crippen molar-refractivity contribution >= 4 is 29.3 Å². The van der Waals surface area contributed by atoms with Gasteiger partial charge in [0, 0.05) is 25.3 Å². The molecular formula is C26H37N3O9. The molecular weight excluding hydrogens is 498 g/mol. The summed E-state index contributed by atoms with van der Waals surface area (Å²) in [5.41, 5.74) is 1.13. The van der Waals surface area contributed by atoms with Crippen LogP contribution < -0.4 is 10.6 Å². The standard InChI is InChI=1S/C26H37N3O9/c1-2-8-34-10-12-36-14-16-38-17-15-37-13-11-35-9-7-27-19-3-4-20-21(18-19)26(33)29(25(20)32)22-5-6-23(30)28-24(22)31/h3-4,18,22,27H,2,5-17H2,1H3,(H,28,30,31). The molecule has 38 heavy (non-hydrogen) atoms. The molecule has 4 amide bonds. The van der Waals surface area contributed by atoms with Gasteiger partial charge in [-0.15, -0.1) is 0 Å². The number of benzene rings is 1. The van der Waals surface area contributed by atoms with E-state index in [1.165, 1.54) is 0 Å². The molecule has 12 heteroatoms. The second-order valence-electron chi connectivity index (χ2n) is 8.70. The first kappa shape index (κ1) is 29.7. The molecule has 1 unspecified atom stereocenters. The molecule has 12 nitrogen and oxygen atoms in total. The van der Waals surface area contributed by atoms with Gasteiger partial charge in [0.05, 0.1) is 70.6 Å². The second-order valence-corrected chi connectivity index (χ2v) is 8.70. The Balaban J connectivity index is 1.23. The Hall–Kier alpha value is -2.90. The highest BCUT2D eigenvalue weighted by Gasteiger charge is 2.44. The van der Waals surface area contributed by atoms with Crippen LogP contribution in [0, 0.1) is 0 Å². The molecule has 210 valence electrons. The highest BCUT2D eigenvalue weighted by molar-refractivity contribution is 6.23. The van der Waals surface area contributed by atoms with Gasteiger partial charge in [0.1, 0.15) is 6.04 Å². The lowest BCUT2D eigenvalue weighted by molar-refractivity contribution is -0.136. The van der Waals surface area contributed by atoms with E-state index in [9.17, 15) is 19.2 Å². The van der Waals surface area contributed by atoms with E-state index in [0.717, 1.165) is 17.9 Å². The maximum atomic E-state index is 12.9. The minimum absolute atomic E-state index is 0.0840. The van der Waals surface area contributed by atoms with Crippen molar-refractivity contribution in [2.75, 3.05) is 77.9 Å². The Morgan fingerprint density at radius 3 is 1.92 bits per heavy atom. The van der Waals surface area contributed by atoms with Gasteiger partial charge in [-0.2, -0.15) is 0 Å². The lowest BCUT2D eigenvalue weighted by Crippen LogP contribution is -2.54. The van der Waals surface area contributed by atoms with E-state index in [2.05, 4.69) is 17.6 Å². The Kier molecular flexibility index (Phi) is 12.6. The van der Waals surface area contributed by atoms with Crippen LogP contribution in [0.4, 0.5) is 5.69 Å². The number of anilines is 1. The van der Waals surface area contributed by atoms with Crippen molar-refractivity contribution in [2.24, 2.45) is 0 Å². The Bertz CT molecular complexity index is 956. The predicted octanol–water partition coefficient (Wildman–Crippen LogP) is 0.993. The second kappa shape index (κ2) is 16.1. The summed E-state index contributed by atoms with van der Waals surface area (Å²) < 4.78 is 27.1. The molecule has 3 rings (SSSR count). The molecule has 2 aliphatic heterocycles. The van der Waals surface area contributed by atoms with Crippen LogP contribution in [0.1, 0.15) is 46.9 Å². The molecule has 0 aliphatic carbocycles. The molecule has 0 saturated carbocycles. The maximum Gasteiger partial charge on any atom is 0.262 e. The molecule has 1 fully saturated rings. The topological polar surface area (TPSA) is 142 Å². The molecule has 0 bridgehead atoms. The lowest BCUT2D eigenvalue weighted by atomic mass is 10.0. The third-order valence-electron chi connectivity index (χ3n) is 5.85. The van der Waals surface area contributed by atoms with Crippen molar-refractivity contribution in [2.45, 2.75) is 32.2 Å². The van der Waals surface area contributed by atoms with Gasteiger partial charge >= 0.3 is 0 Å². The molecule has 1 saturated heterocycles. The quantitative estimate of drug-likeness (QED) is 0.195. The molecule has 0 radical (unpaired) electrons. The normalized spacial score (nSPS) is 17.2. The summed E-state index contributed by atoms with van der Waals surface area (Å²) >= 11 is 0. The SMILES string of the molecule is CCCOCCOCCOCCOCCOCCNc1ccc2c(c1)C(=O)N(C1CCC(=O)NC1=O)C2=O. The molecule has 2 N–H and O–H groups in total. The van der Waals surface area contributed by atoms with Crippen molar-refractivity contribution in [3.05, 3.63) is 29.3 Å². The fourth-order valence-corrected chi connectivity index (χ4v) is 3.97. The largest absolute Gasteiger partial charge is 0.383 e. The van der Waals surface area contributed by atoms with Crippen molar-refractivity contribution in [3.63, 3.8) is 0 Å². The van der Waals surface area contributed by atoms with Crippen LogP contribution in [-0.2, 0) is 33.3 Å². The zero-order chi connectivity index (χ0) is 27.2. The number of hydrogen-bond acceptors (Lipinski definition) is 10. The minimum atomic E-state index is -0.978. The van der Waals surface area contributed by atoms with Gasteiger partial charge in [0.15, 0.2) is 0 Å². The van der Waals surface area contributed by atoms with E-state index in [1.807, 2.05) is 0 Å². The molecule has 0 spiro atoms. The van der Waals surface area contributed by atoms with Gasteiger partial charge in [-0.25, -0.2) is 0 Å². The van der Waals surface area contributed by atoms with Gasteiger partial charge < -0.3 is 29.0 Å². The number of amides is 4. The van der Waals surface area contributed by atoms with E-state index in [4.69, 9.17) is 23.7 Å². The molecule has 1 aromatic carbocycles. The molecule has 1 aromatic rings. The summed E-state index contributed by atoms with van der Waals surface area (Å²) in [7, 11) is 0. The van der Waals surface area contributed by atoms with Gasteiger partial charge in [-0.05, 0) is 31.0 Å². The van der Waals surface area contributed by atoms with Crippen molar-refractivity contribution in [1.29, 1.82) is 0 Å².